The van der Waals surface area contributed by atoms with E-state index in [-0.39, 0.29) is 0 Å². The standard InChI is InChI=1S/C16H14F2N2O/c1-20(9-11-6-12(17)8-13(18)7-11)10-15-14-4-2-3-5-16(14)21-19-15/h2-8H,9-10H2,1H3. The zero-order valence-corrected chi connectivity index (χ0v) is 11.5. The number of para-hydroxylation sites is 1. The highest BCUT2D eigenvalue weighted by Gasteiger charge is 2.11. The Kier molecular flexibility index (Phi) is 3.66. The van der Waals surface area contributed by atoms with Gasteiger partial charge in [-0.25, -0.2) is 8.78 Å². The number of fused-ring (bicyclic) bond motifs is 1. The van der Waals surface area contributed by atoms with Crippen LogP contribution < -0.4 is 0 Å². The smallest absolute Gasteiger partial charge is 0.167 e. The van der Waals surface area contributed by atoms with Crippen molar-refractivity contribution in [3.63, 3.8) is 0 Å². The van der Waals surface area contributed by atoms with E-state index in [4.69, 9.17) is 4.52 Å². The maximum atomic E-state index is 13.2. The molecule has 0 aliphatic carbocycles. The van der Waals surface area contributed by atoms with Crippen molar-refractivity contribution in [2.45, 2.75) is 13.1 Å². The molecule has 1 heterocycles. The largest absolute Gasteiger partial charge is 0.356 e. The molecular formula is C16H14F2N2O. The lowest BCUT2D eigenvalue weighted by molar-refractivity contribution is 0.305. The fourth-order valence-corrected chi connectivity index (χ4v) is 2.38. The van der Waals surface area contributed by atoms with Gasteiger partial charge in [0.25, 0.3) is 0 Å². The van der Waals surface area contributed by atoms with Gasteiger partial charge in [-0.3, -0.25) is 4.90 Å². The first kappa shape index (κ1) is 13.7. The summed E-state index contributed by atoms with van der Waals surface area (Å²) in [4.78, 5) is 1.93. The summed E-state index contributed by atoms with van der Waals surface area (Å²) in [6.45, 7) is 0.963. The quantitative estimate of drug-likeness (QED) is 0.732. The second kappa shape index (κ2) is 5.61. The van der Waals surface area contributed by atoms with Gasteiger partial charge < -0.3 is 4.52 Å². The van der Waals surface area contributed by atoms with Gasteiger partial charge in [0.05, 0.1) is 0 Å². The van der Waals surface area contributed by atoms with Crippen molar-refractivity contribution in [2.24, 2.45) is 0 Å². The fraction of sp³-hybridized carbons (Fsp3) is 0.188. The highest BCUT2D eigenvalue weighted by atomic mass is 19.1. The molecule has 1 aromatic heterocycles. The van der Waals surface area contributed by atoms with Crippen molar-refractivity contribution in [1.82, 2.24) is 10.1 Å². The van der Waals surface area contributed by atoms with Crippen LogP contribution in [0.25, 0.3) is 11.0 Å². The first-order chi connectivity index (χ1) is 10.1. The maximum absolute atomic E-state index is 13.2. The van der Waals surface area contributed by atoms with Crippen LogP contribution >= 0.6 is 0 Å². The lowest BCUT2D eigenvalue weighted by atomic mass is 10.2. The molecule has 0 spiro atoms. The van der Waals surface area contributed by atoms with Crippen molar-refractivity contribution in [1.29, 1.82) is 0 Å². The number of aromatic nitrogens is 1. The Hall–Kier alpha value is -2.27. The molecule has 0 radical (unpaired) electrons. The zero-order chi connectivity index (χ0) is 14.8. The highest BCUT2D eigenvalue weighted by molar-refractivity contribution is 5.79. The lowest BCUT2D eigenvalue weighted by Gasteiger charge is -2.15. The number of rotatable bonds is 4. The van der Waals surface area contributed by atoms with Crippen LogP contribution in [-0.2, 0) is 13.1 Å². The minimum absolute atomic E-state index is 0.426. The minimum Gasteiger partial charge on any atom is -0.356 e. The van der Waals surface area contributed by atoms with Crippen molar-refractivity contribution in [3.8, 4) is 0 Å². The normalized spacial score (nSPS) is 11.4. The zero-order valence-electron chi connectivity index (χ0n) is 11.5. The van der Waals surface area contributed by atoms with Crippen LogP contribution in [0.5, 0.6) is 0 Å². The number of hydrogen-bond acceptors (Lipinski definition) is 3. The molecule has 21 heavy (non-hydrogen) atoms. The predicted molar refractivity (Wildman–Crippen MR) is 75.5 cm³/mol. The molecule has 3 aromatic rings. The predicted octanol–water partition coefficient (Wildman–Crippen LogP) is 3.74. The van der Waals surface area contributed by atoms with E-state index in [2.05, 4.69) is 5.16 Å². The van der Waals surface area contributed by atoms with Gasteiger partial charge in [-0.1, -0.05) is 17.3 Å². The SMILES string of the molecule is CN(Cc1cc(F)cc(F)c1)Cc1noc2ccccc12. The molecule has 0 aliphatic heterocycles. The summed E-state index contributed by atoms with van der Waals surface area (Å²) in [5.41, 5.74) is 2.13. The topological polar surface area (TPSA) is 29.3 Å². The summed E-state index contributed by atoms with van der Waals surface area (Å²) >= 11 is 0. The second-order valence-electron chi connectivity index (χ2n) is 5.08. The Bertz CT molecular complexity index is 750. The van der Waals surface area contributed by atoms with Gasteiger partial charge >= 0.3 is 0 Å². The molecule has 5 heteroatoms. The molecule has 3 nitrogen and oxygen atoms in total. The van der Waals surface area contributed by atoms with Gasteiger partial charge in [-0.15, -0.1) is 0 Å². The molecule has 0 atom stereocenters. The first-order valence-electron chi connectivity index (χ1n) is 6.58. The van der Waals surface area contributed by atoms with Gasteiger partial charge in [0, 0.05) is 24.5 Å². The monoisotopic (exact) mass is 288 g/mol. The third-order valence-corrected chi connectivity index (χ3v) is 3.25. The van der Waals surface area contributed by atoms with Gasteiger partial charge in [-0.2, -0.15) is 0 Å². The van der Waals surface area contributed by atoms with E-state index in [9.17, 15) is 8.78 Å². The van der Waals surface area contributed by atoms with Crippen molar-refractivity contribution in [3.05, 3.63) is 65.4 Å². The summed E-state index contributed by atoms with van der Waals surface area (Å²) in [5.74, 6) is -1.13. The van der Waals surface area contributed by atoms with Crippen LogP contribution in [0.2, 0.25) is 0 Å². The fourth-order valence-electron chi connectivity index (χ4n) is 2.38. The summed E-state index contributed by atoms with van der Waals surface area (Å²) in [6, 6.07) is 11.1. The van der Waals surface area contributed by atoms with Crippen molar-refractivity contribution in [2.75, 3.05) is 7.05 Å². The van der Waals surface area contributed by atoms with Crippen molar-refractivity contribution >= 4 is 11.0 Å². The number of benzene rings is 2. The van der Waals surface area contributed by atoms with E-state index in [0.29, 0.717) is 18.7 Å². The van der Waals surface area contributed by atoms with E-state index < -0.39 is 11.6 Å². The van der Waals surface area contributed by atoms with Crippen LogP contribution in [-0.4, -0.2) is 17.1 Å². The van der Waals surface area contributed by atoms with Crippen LogP contribution in [0.15, 0.2) is 47.0 Å². The Balaban J connectivity index is 1.75. The Labute approximate surface area is 120 Å². The maximum Gasteiger partial charge on any atom is 0.167 e. The van der Waals surface area contributed by atoms with Crippen LogP contribution in [0.4, 0.5) is 8.78 Å². The molecule has 0 unspecified atom stereocenters. The molecule has 2 aromatic carbocycles. The van der Waals surface area contributed by atoms with Crippen LogP contribution in [0, 0.1) is 11.6 Å². The molecule has 0 N–H and O–H groups in total. The van der Waals surface area contributed by atoms with Gasteiger partial charge in [0.2, 0.25) is 0 Å². The third kappa shape index (κ3) is 3.08. The molecule has 0 saturated carbocycles. The molecule has 0 bridgehead atoms. The molecule has 0 saturated heterocycles. The van der Waals surface area contributed by atoms with Gasteiger partial charge in [0.15, 0.2) is 5.58 Å². The number of hydrogen-bond donors (Lipinski definition) is 0. The van der Waals surface area contributed by atoms with E-state index >= 15 is 0 Å². The van der Waals surface area contributed by atoms with Crippen LogP contribution in [0.1, 0.15) is 11.3 Å². The van der Waals surface area contributed by atoms with E-state index in [0.717, 1.165) is 22.7 Å². The molecule has 108 valence electrons. The van der Waals surface area contributed by atoms with Crippen LogP contribution in [0.3, 0.4) is 0 Å². The number of nitrogens with zero attached hydrogens (tertiary/aromatic N) is 2. The third-order valence-electron chi connectivity index (χ3n) is 3.25. The summed E-state index contributed by atoms with van der Waals surface area (Å²) < 4.78 is 31.6. The Morgan fingerprint density at radius 2 is 1.76 bits per heavy atom. The minimum atomic E-state index is -0.565. The molecule has 0 amide bonds. The summed E-state index contributed by atoms with van der Waals surface area (Å²) in [7, 11) is 1.87. The van der Waals surface area contributed by atoms with Crippen molar-refractivity contribution < 1.29 is 13.3 Å². The van der Waals surface area contributed by atoms with E-state index in [1.165, 1.54) is 12.1 Å². The average molecular weight is 288 g/mol. The molecule has 0 aliphatic rings. The van der Waals surface area contributed by atoms with Gasteiger partial charge in [0.1, 0.15) is 17.3 Å². The molecular weight excluding hydrogens is 274 g/mol. The highest BCUT2D eigenvalue weighted by Crippen LogP contribution is 2.19. The molecule has 3 rings (SSSR count). The lowest BCUT2D eigenvalue weighted by Crippen LogP contribution is -2.17. The van der Waals surface area contributed by atoms with E-state index in [1.54, 1.807) is 0 Å². The van der Waals surface area contributed by atoms with E-state index in [1.807, 2.05) is 36.2 Å². The average Bonchev–Trinajstić information content (AvgIpc) is 2.81. The number of halogens is 2. The molecule has 0 fully saturated rings. The Morgan fingerprint density at radius 1 is 1.05 bits per heavy atom. The first-order valence-corrected chi connectivity index (χ1v) is 6.58. The summed E-state index contributed by atoms with van der Waals surface area (Å²) in [5, 5.41) is 5.00. The van der Waals surface area contributed by atoms with Gasteiger partial charge in [-0.05, 0) is 36.9 Å². The Morgan fingerprint density at radius 3 is 2.52 bits per heavy atom. The summed E-state index contributed by atoms with van der Waals surface area (Å²) in [6.07, 6.45) is 0. The second-order valence-corrected chi connectivity index (χ2v) is 5.08.